The van der Waals surface area contributed by atoms with Crippen molar-refractivity contribution in [1.29, 1.82) is 0 Å². The topological polar surface area (TPSA) is 98.0 Å². The van der Waals surface area contributed by atoms with Gasteiger partial charge in [-0.05, 0) is 30.7 Å². The summed E-state index contributed by atoms with van der Waals surface area (Å²) < 4.78 is 0. The Morgan fingerprint density at radius 3 is 2.58 bits per heavy atom. The fourth-order valence-electron chi connectivity index (χ4n) is 1.47. The number of amides is 2. The lowest BCUT2D eigenvalue weighted by Gasteiger charge is -2.06. The molecule has 0 bridgehead atoms. The lowest BCUT2D eigenvalue weighted by Crippen LogP contribution is -2.16. The Kier molecular flexibility index (Phi) is 3.51. The Labute approximate surface area is 109 Å². The molecule has 6 heteroatoms. The molecule has 0 unspecified atom stereocenters. The van der Waals surface area contributed by atoms with Crippen LogP contribution in [0.2, 0.25) is 0 Å². The van der Waals surface area contributed by atoms with Crippen LogP contribution in [0.25, 0.3) is 0 Å². The molecule has 3 N–H and O–H groups in total. The summed E-state index contributed by atoms with van der Waals surface area (Å²) in [5, 5.41) is 2.67. The molecular formula is C13H12N4O2. The zero-order chi connectivity index (χ0) is 13.8. The number of primary amides is 1. The third kappa shape index (κ3) is 2.92. The van der Waals surface area contributed by atoms with Crippen LogP contribution >= 0.6 is 0 Å². The number of pyridine rings is 2. The number of nitrogens with two attached hydrogens (primary N) is 1. The van der Waals surface area contributed by atoms with Gasteiger partial charge in [0.25, 0.3) is 11.8 Å². The maximum Gasteiger partial charge on any atom is 0.267 e. The summed E-state index contributed by atoms with van der Waals surface area (Å²) in [5.41, 5.74) is 6.38. The number of hydrogen-bond donors (Lipinski definition) is 2. The molecular weight excluding hydrogens is 244 g/mol. The minimum atomic E-state index is -0.632. The van der Waals surface area contributed by atoms with Gasteiger partial charge in [-0.1, -0.05) is 6.07 Å². The molecule has 96 valence electrons. The van der Waals surface area contributed by atoms with Crippen molar-refractivity contribution >= 4 is 17.6 Å². The van der Waals surface area contributed by atoms with E-state index in [2.05, 4.69) is 15.3 Å². The molecule has 0 aliphatic heterocycles. The molecule has 2 rings (SSSR count). The first-order chi connectivity index (χ1) is 9.08. The Balaban J connectivity index is 2.16. The average molecular weight is 256 g/mol. The summed E-state index contributed by atoms with van der Waals surface area (Å²) in [7, 11) is 0. The summed E-state index contributed by atoms with van der Waals surface area (Å²) >= 11 is 0. The van der Waals surface area contributed by atoms with Crippen LogP contribution in [0.1, 0.15) is 26.4 Å². The SMILES string of the molecule is Cc1cccnc1NC(=O)c1ccc(C(N)=O)nc1. The zero-order valence-electron chi connectivity index (χ0n) is 10.3. The zero-order valence-corrected chi connectivity index (χ0v) is 10.3. The Hall–Kier alpha value is -2.76. The number of nitrogens with zero attached hydrogens (tertiary/aromatic N) is 2. The number of aromatic nitrogens is 2. The van der Waals surface area contributed by atoms with Crippen LogP contribution in [0.5, 0.6) is 0 Å². The molecule has 2 aromatic heterocycles. The van der Waals surface area contributed by atoms with Crippen molar-refractivity contribution in [1.82, 2.24) is 9.97 Å². The summed E-state index contributed by atoms with van der Waals surface area (Å²) in [6.07, 6.45) is 2.89. The van der Waals surface area contributed by atoms with E-state index in [9.17, 15) is 9.59 Å². The second-order valence-electron chi connectivity index (χ2n) is 3.92. The minimum Gasteiger partial charge on any atom is -0.364 e. The van der Waals surface area contributed by atoms with E-state index in [1.54, 1.807) is 12.3 Å². The van der Waals surface area contributed by atoms with Crippen LogP contribution in [0, 0.1) is 6.92 Å². The molecule has 0 saturated carbocycles. The molecule has 0 aromatic carbocycles. The Bertz CT molecular complexity index is 623. The Morgan fingerprint density at radius 2 is 2.00 bits per heavy atom. The van der Waals surface area contributed by atoms with Crippen molar-refractivity contribution in [3.05, 3.63) is 53.5 Å². The van der Waals surface area contributed by atoms with E-state index >= 15 is 0 Å². The molecule has 0 fully saturated rings. The quantitative estimate of drug-likeness (QED) is 0.860. The number of carbonyl (C=O) groups is 2. The maximum atomic E-state index is 11.9. The minimum absolute atomic E-state index is 0.116. The molecule has 0 aliphatic rings. The van der Waals surface area contributed by atoms with Crippen LogP contribution in [-0.4, -0.2) is 21.8 Å². The van der Waals surface area contributed by atoms with Gasteiger partial charge in [-0.25, -0.2) is 4.98 Å². The number of anilines is 1. The highest BCUT2D eigenvalue weighted by atomic mass is 16.2. The largest absolute Gasteiger partial charge is 0.364 e. The number of nitrogens with one attached hydrogen (secondary N) is 1. The number of rotatable bonds is 3. The van der Waals surface area contributed by atoms with E-state index in [-0.39, 0.29) is 11.6 Å². The Morgan fingerprint density at radius 1 is 1.21 bits per heavy atom. The second-order valence-corrected chi connectivity index (χ2v) is 3.92. The first-order valence-corrected chi connectivity index (χ1v) is 5.57. The molecule has 0 radical (unpaired) electrons. The van der Waals surface area contributed by atoms with Gasteiger partial charge in [-0.3, -0.25) is 14.6 Å². The molecule has 6 nitrogen and oxygen atoms in total. The van der Waals surface area contributed by atoms with Crippen molar-refractivity contribution in [3.8, 4) is 0 Å². The van der Waals surface area contributed by atoms with Crippen molar-refractivity contribution in [2.24, 2.45) is 5.73 Å². The summed E-state index contributed by atoms with van der Waals surface area (Å²) in [4.78, 5) is 30.7. The van der Waals surface area contributed by atoms with Crippen molar-refractivity contribution < 1.29 is 9.59 Å². The van der Waals surface area contributed by atoms with E-state index in [0.29, 0.717) is 11.4 Å². The monoisotopic (exact) mass is 256 g/mol. The fraction of sp³-hybridized carbons (Fsp3) is 0.0769. The number of carbonyl (C=O) groups excluding carboxylic acids is 2. The van der Waals surface area contributed by atoms with Crippen LogP contribution in [0.4, 0.5) is 5.82 Å². The molecule has 2 heterocycles. The van der Waals surface area contributed by atoms with Crippen molar-refractivity contribution in [2.75, 3.05) is 5.32 Å². The van der Waals surface area contributed by atoms with Crippen molar-refractivity contribution in [2.45, 2.75) is 6.92 Å². The molecule has 19 heavy (non-hydrogen) atoms. The third-order valence-corrected chi connectivity index (χ3v) is 2.52. The van der Waals surface area contributed by atoms with Gasteiger partial charge in [0, 0.05) is 12.4 Å². The van der Waals surface area contributed by atoms with Crippen LogP contribution in [0.15, 0.2) is 36.7 Å². The van der Waals surface area contributed by atoms with Gasteiger partial charge >= 0.3 is 0 Å². The lowest BCUT2D eigenvalue weighted by molar-refractivity contribution is 0.0990. The van der Waals surface area contributed by atoms with E-state index in [4.69, 9.17) is 5.73 Å². The normalized spacial score (nSPS) is 9.95. The highest BCUT2D eigenvalue weighted by Crippen LogP contribution is 2.11. The van der Waals surface area contributed by atoms with Gasteiger partial charge in [-0.2, -0.15) is 0 Å². The highest BCUT2D eigenvalue weighted by Gasteiger charge is 2.10. The van der Waals surface area contributed by atoms with Crippen molar-refractivity contribution in [3.63, 3.8) is 0 Å². The van der Waals surface area contributed by atoms with Crippen LogP contribution in [-0.2, 0) is 0 Å². The molecule has 0 atom stereocenters. The fourth-order valence-corrected chi connectivity index (χ4v) is 1.47. The summed E-state index contributed by atoms with van der Waals surface area (Å²) in [6, 6.07) is 6.52. The van der Waals surface area contributed by atoms with Gasteiger partial charge in [-0.15, -0.1) is 0 Å². The first-order valence-electron chi connectivity index (χ1n) is 5.57. The predicted octanol–water partition coefficient (Wildman–Crippen LogP) is 1.14. The smallest absolute Gasteiger partial charge is 0.267 e. The summed E-state index contributed by atoms with van der Waals surface area (Å²) in [5.74, 6) is -0.482. The molecule has 2 aromatic rings. The first kappa shape index (κ1) is 12.7. The second kappa shape index (κ2) is 5.26. The van der Waals surface area contributed by atoms with Gasteiger partial charge in [0.1, 0.15) is 11.5 Å². The number of hydrogen-bond acceptors (Lipinski definition) is 4. The van der Waals surface area contributed by atoms with Gasteiger partial charge in [0.2, 0.25) is 0 Å². The highest BCUT2D eigenvalue weighted by molar-refractivity contribution is 6.04. The molecule has 0 spiro atoms. The van der Waals surface area contributed by atoms with Crippen LogP contribution < -0.4 is 11.1 Å². The number of aryl methyl sites for hydroxylation is 1. The van der Waals surface area contributed by atoms with E-state index in [1.807, 2.05) is 13.0 Å². The van der Waals surface area contributed by atoms with E-state index < -0.39 is 5.91 Å². The summed E-state index contributed by atoms with van der Waals surface area (Å²) in [6.45, 7) is 1.84. The van der Waals surface area contributed by atoms with Gasteiger partial charge in [0.15, 0.2) is 0 Å². The average Bonchev–Trinajstić information content (AvgIpc) is 2.41. The molecule has 0 aliphatic carbocycles. The standard InChI is InChI=1S/C13H12N4O2/c1-8-3-2-6-15-12(8)17-13(19)9-4-5-10(11(14)18)16-7-9/h2-7H,1H3,(H2,14,18)(H,15,17,19). The third-order valence-electron chi connectivity index (χ3n) is 2.52. The van der Waals surface area contributed by atoms with Gasteiger partial charge < -0.3 is 11.1 Å². The maximum absolute atomic E-state index is 11.9. The molecule has 2 amide bonds. The van der Waals surface area contributed by atoms with E-state index in [0.717, 1.165) is 5.56 Å². The molecule has 0 saturated heterocycles. The van der Waals surface area contributed by atoms with Gasteiger partial charge in [0.05, 0.1) is 5.56 Å². The van der Waals surface area contributed by atoms with E-state index in [1.165, 1.54) is 18.3 Å². The predicted molar refractivity (Wildman–Crippen MR) is 69.7 cm³/mol. The lowest BCUT2D eigenvalue weighted by atomic mass is 10.2. The van der Waals surface area contributed by atoms with Crippen LogP contribution in [0.3, 0.4) is 0 Å².